The highest BCUT2D eigenvalue weighted by atomic mass is 35.5. The van der Waals surface area contributed by atoms with E-state index in [1.165, 1.54) is 0 Å². The minimum absolute atomic E-state index is 0.00808. The second-order valence-corrected chi connectivity index (χ2v) is 3.56. The summed E-state index contributed by atoms with van der Waals surface area (Å²) in [6, 6.07) is 1.65. The van der Waals surface area contributed by atoms with Crippen molar-refractivity contribution in [3.05, 3.63) is 23.5 Å². The highest BCUT2D eigenvalue weighted by Crippen LogP contribution is 2.19. The molecule has 1 heterocycles. The molecule has 1 rings (SSSR count). The molecule has 4 heteroatoms. The molecule has 0 aromatic carbocycles. The molecular weight excluding hydrogens is 200 g/mol. The molecular formula is C10H13ClN2O. The third-order valence-corrected chi connectivity index (χ3v) is 2.42. The predicted molar refractivity (Wildman–Crippen MR) is 57.3 cm³/mol. The van der Waals surface area contributed by atoms with Gasteiger partial charge >= 0.3 is 0 Å². The summed E-state index contributed by atoms with van der Waals surface area (Å²) in [7, 11) is 0. The topological polar surface area (TPSA) is 42.0 Å². The molecule has 0 bridgehead atoms. The van der Waals surface area contributed by atoms with E-state index in [1.807, 2.05) is 13.8 Å². The Balaban J connectivity index is 2.70. The van der Waals surface area contributed by atoms with Crippen molar-refractivity contribution in [2.45, 2.75) is 20.3 Å². The van der Waals surface area contributed by atoms with Crippen molar-refractivity contribution in [1.29, 1.82) is 0 Å². The number of anilines is 1. The molecule has 76 valence electrons. The van der Waals surface area contributed by atoms with Crippen LogP contribution in [0.5, 0.6) is 0 Å². The predicted octanol–water partition coefficient (Wildman–Crippen LogP) is 2.72. The Morgan fingerprint density at radius 1 is 1.71 bits per heavy atom. The maximum Gasteiger partial charge on any atom is 0.227 e. The van der Waals surface area contributed by atoms with E-state index < -0.39 is 0 Å². The third kappa shape index (κ3) is 2.70. The van der Waals surface area contributed by atoms with Crippen molar-refractivity contribution in [3.63, 3.8) is 0 Å². The molecule has 1 amide bonds. The standard InChI is InChI=1S/C10H13ClN2O/c1-3-7(2)10(14)13-9-6-12-5-4-8(9)11/h4-7H,3H2,1-2H3,(H,13,14). The van der Waals surface area contributed by atoms with Crippen LogP contribution in [-0.4, -0.2) is 10.9 Å². The molecule has 0 fully saturated rings. The van der Waals surface area contributed by atoms with Gasteiger partial charge < -0.3 is 5.32 Å². The SMILES string of the molecule is CCC(C)C(=O)Nc1cnccc1Cl. The first-order valence-electron chi connectivity index (χ1n) is 4.55. The van der Waals surface area contributed by atoms with Crippen molar-refractivity contribution in [3.8, 4) is 0 Å². The lowest BCUT2D eigenvalue weighted by Gasteiger charge is -2.10. The maximum atomic E-state index is 11.5. The van der Waals surface area contributed by atoms with Gasteiger partial charge in [0.25, 0.3) is 0 Å². The number of halogens is 1. The quantitative estimate of drug-likeness (QED) is 0.837. The molecule has 0 radical (unpaired) electrons. The van der Waals surface area contributed by atoms with Gasteiger partial charge in [0.05, 0.1) is 16.9 Å². The molecule has 14 heavy (non-hydrogen) atoms. The number of hydrogen-bond donors (Lipinski definition) is 1. The number of nitrogens with zero attached hydrogens (tertiary/aromatic N) is 1. The Morgan fingerprint density at radius 2 is 2.43 bits per heavy atom. The van der Waals surface area contributed by atoms with Crippen LogP contribution in [0.4, 0.5) is 5.69 Å². The molecule has 1 aromatic heterocycles. The number of aromatic nitrogens is 1. The van der Waals surface area contributed by atoms with E-state index in [1.54, 1.807) is 18.5 Å². The van der Waals surface area contributed by atoms with Crippen LogP contribution in [-0.2, 0) is 4.79 Å². The lowest BCUT2D eigenvalue weighted by atomic mass is 10.1. The fourth-order valence-electron chi connectivity index (χ4n) is 0.911. The van der Waals surface area contributed by atoms with E-state index in [4.69, 9.17) is 11.6 Å². The van der Waals surface area contributed by atoms with Crippen molar-refractivity contribution in [2.75, 3.05) is 5.32 Å². The largest absolute Gasteiger partial charge is 0.323 e. The summed E-state index contributed by atoms with van der Waals surface area (Å²) >= 11 is 5.86. The van der Waals surface area contributed by atoms with E-state index in [0.29, 0.717) is 10.7 Å². The average molecular weight is 213 g/mol. The molecule has 0 aliphatic heterocycles. The number of nitrogens with one attached hydrogen (secondary N) is 1. The zero-order valence-electron chi connectivity index (χ0n) is 8.25. The monoisotopic (exact) mass is 212 g/mol. The van der Waals surface area contributed by atoms with Crippen LogP contribution in [0.1, 0.15) is 20.3 Å². The smallest absolute Gasteiger partial charge is 0.227 e. The van der Waals surface area contributed by atoms with Gasteiger partial charge in [-0.3, -0.25) is 9.78 Å². The molecule has 3 nitrogen and oxygen atoms in total. The van der Waals surface area contributed by atoms with Gasteiger partial charge in [-0.15, -0.1) is 0 Å². The molecule has 1 atom stereocenters. The Hall–Kier alpha value is -1.09. The second-order valence-electron chi connectivity index (χ2n) is 3.15. The molecule has 1 N–H and O–H groups in total. The summed E-state index contributed by atoms with van der Waals surface area (Å²) in [5.74, 6) is -0.0336. The van der Waals surface area contributed by atoms with Gasteiger partial charge in [0.2, 0.25) is 5.91 Å². The lowest BCUT2D eigenvalue weighted by molar-refractivity contribution is -0.119. The van der Waals surface area contributed by atoms with Gasteiger partial charge in [0.15, 0.2) is 0 Å². The first kappa shape index (κ1) is 11.0. The number of amides is 1. The number of pyridine rings is 1. The van der Waals surface area contributed by atoms with Crippen molar-refractivity contribution < 1.29 is 4.79 Å². The fraction of sp³-hybridized carbons (Fsp3) is 0.400. The Labute approximate surface area is 88.5 Å². The van der Waals surface area contributed by atoms with E-state index in [2.05, 4.69) is 10.3 Å². The summed E-state index contributed by atoms with van der Waals surface area (Å²) < 4.78 is 0. The van der Waals surface area contributed by atoms with Crippen LogP contribution in [0.15, 0.2) is 18.5 Å². The van der Waals surface area contributed by atoms with Gasteiger partial charge in [-0.05, 0) is 12.5 Å². The zero-order valence-corrected chi connectivity index (χ0v) is 9.01. The molecule has 0 saturated carbocycles. The maximum absolute atomic E-state index is 11.5. The third-order valence-electron chi connectivity index (χ3n) is 2.09. The van der Waals surface area contributed by atoms with E-state index >= 15 is 0 Å². The van der Waals surface area contributed by atoms with Crippen LogP contribution in [0.25, 0.3) is 0 Å². The summed E-state index contributed by atoms with van der Waals surface area (Å²) in [4.78, 5) is 15.4. The van der Waals surface area contributed by atoms with Gasteiger partial charge in [-0.2, -0.15) is 0 Å². The molecule has 0 aliphatic rings. The van der Waals surface area contributed by atoms with Gasteiger partial charge in [0.1, 0.15) is 0 Å². The van der Waals surface area contributed by atoms with Crippen molar-refractivity contribution in [2.24, 2.45) is 5.92 Å². The lowest BCUT2D eigenvalue weighted by Crippen LogP contribution is -2.19. The Bertz CT molecular complexity index is 328. The molecule has 1 unspecified atom stereocenters. The van der Waals surface area contributed by atoms with Crippen LogP contribution >= 0.6 is 11.6 Å². The van der Waals surface area contributed by atoms with Gasteiger partial charge in [0, 0.05) is 12.1 Å². The van der Waals surface area contributed by atoms with Crippen molar-refractivity contribution >= 4 is 23.2 Å². The van der Waals surface area contributed by atoms with Crippen LogP contribution < -0.4 is 5.32 Å². The highest BCUT2D eigenvalue weighted by Gasteiger charge is 2.11. The summed E-state index contributed by atoms with van der Waals surface area (Å²) in [6.45, 7) is 3.84. The van der Waals surface area contributed by atoms with E-state index in [9.17, 15) is 4.79 Å². The summed E-state index contributed by atoms with van der Waals surface area (Å²) in [5.41, 5.74) is 0.569. The van der Waals surface area contributed by atoms with E-state index in [-0.39, 0.29) is 11.8 Å². The first-order chi connectivity index (χ1) is 6.65. The van der Waals surface area contributed by atoms with E-state index in [0.717, 1.165) is 6.42 Å². The molecule has 0 aliphatic carbocycles. The number of carbonyl (C=O) groups excluding carboxylic acids is 1. The molecule has 1 aromatic rings. The summed E-state index contributed by atoms with van der Waals surface area (Å²) in [5, 5.41) is 3.24. The Morgan fingerprint density at radius 3 is 3.00 bits per heavy atom. The average Bonchev–Trinajstić information content (AvgIpc) is 2.20. The number of carbonyl (C=O) groups is 1. The van der Waals surface area contributed by atoms with Crippen molar-refractivity contribution in [1.82, 2.24) is 4.98 Å². The molecule has 0 spiro atoms. The van der Waals surface area contributed by atoms with Crippen LogP contribution in [0.3, 0.4) is 0 Å². The second kappa shape index (κ2) is 4.96. The van der Waals surface area contributed by atoms with Crippen LogP contribution in [0.2, 0.25) is 5.02 Å². The minimum atomic E-state index is -0.0256. The highest BCUT2D eigenvalue weighted by molar-refractivity contribution is 6.33. The van der Waals surface area contributed by atoms with Gasteiger partial charge in [-0.25, -0.2) is 0 Å². The first-order valence-corrected chi connectivity index (χ1v) is 4.93. The minimum Gasteiger partial charge on any atom is -0.323 e. The molecule has 0 saturated heterocycles. The normalized spacial score (nSPS) is 12.2. The Kier molecular flexibility index (Phi) is 3.89. The van der Waals surface area contributed by atoms with Gasteiger partial charge in [-0.1, -0.05) is 25.4 Å². The zero-order chi connectivity index (χ0) is 10.6. The van der Waals surface area contributed by atoms with Crippen LogP contribution in [0, 0.1) is 5.92 Å². The fourth-order valence-corrected chi connectivity index (χ4v) is 1.06. The number of rotatable bonds is 3. The summed E-state index contributed by atoms with van der Waals surface area (Å²) in [6.07, 6.45) is 3.94. The number of hydrogen-bond acceptors (Lipinski definition) is 2.